The Morgan fingerprint density at radius 3 is 2.22 bits per heavy atom. The highest BCUT2D eigenvalue weighted by molar-refractivity contribution is 6.39. The number of fused-ring (bicyclic) bond motifs is 3. The summed E-state index contributed by atoms with van der Waals surface area (Å²) in [5, 5.41) is 36.0. The molecule has 1 saturated carbocycles. The molecule has 1 aliphatic carbocycles. The molecule has 0 radical (unpaired) electrons. The molecule has 5 rings (SSSR count). The average molecular weight is 1140 g/mol. The van der Waals surface area contributed by atoms with Crippen LogP contribution in [0.15, 0.2) is 71.9 Å². The molecule has 4 aliphatic rings. The first kappa shape index (κ1) is 66.2. The third-order valence-corrected chi connectivity index (χ3v) is 16.9. The van der Waals surface area contributed by atoms with Crippen molar-refractivity contribution in [3.05, 3.63) is 77.4 Å². The summed E-state index contributed by atoms with van der Waals surface area (Å²) in [7, 11) is 5.68. The summed E-state index contributed by atoms with van der Waals surface area (Å²) in [4.78, 5) is 98.7. The lowest BCUT2D eigenvalue weighted by Crippen LogP contribution is -2.61. The summed E-state index contributed by atoms with van der Waals surface area (Å²) in [6, 6.07) is 4.77. The minimum Gasteiger partial charge on any atom is -0.508 e. The molecule has 0 aromatic heterocycles. The molecule has 19 nitrogen and oxygen atoms in total. The molecule has 1 aromatic rings. The quantitative estimate of drug-likeness (QED) is 0.0720. The maximum atomic E-state index is 14.7. The van der Waals surface area contributed by atoms with Gasteiger partial charge in [0.05, 0.1) is 31.3 Å². The number of carbonyl (C=O) groups is 7. The Bertz CT molecular complexity index is 2440. The lowest BCUT2D eigenvalue weighted by Gasteiger charge is -2.42. The van der Waals surface area contributed by atoms with Gasteiger partial charge >= 0.3 is 18.0 Å². The molecule has 0 spiro atoms. The molecule has 2 bridgehead atoms. The number of esters is 2. The summed E-state index contributed by atoms with van der Waals surface area (Å²) in [6.07, 6.45) is 8.79. The van der Waals surface area contributed by atoms with Crippen molar-refractivity contribution in [2.45, 2.75) is 186 Å². The minimum atomic E-state index is -2.48. The largest absolute Gasteiger partial charge is 0.508 e. The van der Waals surface area contributed by atoms with Gasteiger partial charge < -0.3 is 58.7 Å². The van der Waals surface area contributed by atoms with Crippen molar-refractivity contribution in [3.8, 4) is 5.75 Å². The van der Waals surface area contributed by atoms with Crippen LogP contribution in [0, 0.1) is 35.5 Å². The predicted octanol–water partition coefficient (Wildman–Crippen LogP) is 7.58. The number of carbonyl (C=O) groups excluding carboxylic acids is 7. The number of rotatable bonds is 11. The van der Waals surface area contributed by atoms with Gasteiger partial charge in [-0.25, -0.2) is 9.59 Å². The molecule has 1 aromatic carbocycles. The van der Waals surface area contributed by atoms with Gasteiger partial charge in [0, 0.05) is 65.0 Å². The third-order valence-electron chi connectivity index (χ3n) is 16.9. The zero-order valence-electron chi connectivity index (χ0n) is 49.3. The number of hydrogen-bond acceptors (Lipinski definition) is 17. The van der Waals surface area contributed by atoms with Crippen LogP contribution in [0.1, 0.15) is 137 Å². The summed E-state index contributed by atoms with van der Waals surface area (Å²) >= 11 is 0. The second-order valence-electron chi connectivity index (χ2n) is 23.0. The summed E-state index contributed by atoms with van der Waals surface area (Å²) < 4.78 is 40.7. The summed E-state index contributed by atoms with van der Waals surface area (Å²) in [5.41, 5.74) is 1.72. The van der Waals surface area contributed by atoms with E-state index in [0.29, 0.717) is 68.9 Å². The Morgan fingerprint density at radius 2 is 1.56 bits per heavy atom. The van der Waals surface area contributed by atoms with Gasteiger partial charge in [0.2, 0.25) is 5.79 Å². The number of allylic oxidation sites excluding steroid dienone is 6. The number of phenols is 1. The van der Waals surface area contributed by atoms with Crippen LogP contribution >= 0.6 is 0 Å². The van der Waals surface area contributed by atoms with E-state index in [9.17, 15) is 48.9 Å². The number of piperidine rings is 1. The van der Waals surface area contributed by atoms with E-state index in [4.69, 9.17) is 33.2 Å². The maximum absolute atomic E-state index is 14.7. The molecule has 16 atom stereocenters. The number of hydrogen-bond donors (Lipinski definition) is 4. The number of alkyl carbamates (subject to hydrolysis) is 1. The van der Waals surface area contributed by atoms with Crippen LogP contribution in [0.2, 0.25) is 0 Å². The highest BCUT2D eigenvalue weighted by atomic mass is 16.6. The molecule has 4 N–H and O–H groups in total. The van der Waals surface area contributed by atoms with E-state index in [1.807, 2.05) is 51.2 Å². The maximum Gasteiger partial charge on any atom is 0.407 e. The van der Waals surface area contributed by atoms with E-state index in [0.717, 1.165) is 10.5 Å². The zero-order valence-corrected chi connectivity index (χ0v) is 49.3. The SMILES string of the molecule is COC(=O)C(CNC(=O)O[C@@H]1CCC(CC(C)C2CC(=O)C(C)/C=C(\C)[C@@H](O)C(OC)C(=O)[C@H](C)CC(C)\C=C/C=C/C=C(\C)C(OC)CC3CC[C@@H](C)[C@@](O)(O3)C(=O)C(=O)N3CCCC[C@H]3C(=O)O2)CC1OC)c1ccc(O)cc1. The fourth-order valence-electron chi connectivity index (χ4n) is 11.8. The number of aliphatic hydroxyl groups is 2. The van der Waals surface area contributed by atoms with Gasteiger partial charge in [0.15, 0.2) is 5.78 Å². The van der Waals surface area contributed by atoms with Gasteiger partial charge in [-0.2, -0.15) is 0 Å². The van der Waals surface area contributed by atoms with Crippen molar-refractivity contribution in [2.75, 3.05) is 41.5 Å². The van der Waals surface area contributed by atoms with Crippen LogP contribution in [-0.4, -0.2) is 158 Å². The Kier molecular flexibility index (Phi) is 25.5. The Hall–Kier alpha value is -5.57. The number of aromatic hydroxyl groups is 1. The van der Waals surface area contributed by atoms with Gasteiger partial charge in [-0.3, -0.25) is 24.0 Å². The number of phenolic OH excluding ortho intramolecular Hbond substituents is 1. The molecule has 2 amide bonds. The predicted molar refractivity (Wildman–Crippen MR) is 300 cm³/mol. The van der Waals surface area contributed by atoms with Crippen LogP contribution in [0.5, 0.6) is 5.75 Å². The number of aliphatic hydroxyl groups excluding tert-OH is 1. The van der Waals surface area contributed by atoms with Crippen molar-refractivity contribution >= 4 is 41.3 Å². The van der Waals surface area contributed by atoms with E-state index in [-0.39, 0.29) is 61.5 Å². The fourth-order valence-corrected chi connectivity index (χ4v) is 11.8. The lowest BCUT2D eigenvalue weighted by atomic mass is 9.78. The molecule has 3 aliphatic heterocycles. The molecule has 3 heterocycles. The van der Waals surface area contributed by atoms with Gasteiger partial charge in [0.25, 0.3) is 11.7 Å². The topological polar surface area (TPSA) is 260 Å². The monoisotopic (exact) mass is 1130 g/mol. The Balaban J connectivity index is 1.40. The molecule has 450 valence electrons. The van der Waals surface area contributed by atoms with E-state index in [2.05, 4.69) is 5.32 Å². The molecule has 10 unspecified atom stereocenters. The number of ether oxygens (including phenoxy) is 7. The number of benzene rings is 1. The number of methoxy groups -OCH3 is 4. The number of cyclic esters (lactones) is 1. The van der Waals surface area contributed by atoms with Gasteiger partial charge in [0.1, 0.15) is 42.0 Å². The van der Waals surface area contributed by atoms with Crippen LogP contribution < -0.4 is 5.32 Å². The number of nitrogens with one attached hydrogen (secondary N) is 1. The van der Waals surface area contributed by atoms with Gasteiger partial charge in [-0.1, -0.05) is 83.2 Å². The molecule has 19 heteroatoms. The second kappa shape index (κ2) is 31.2. The normalized spacial score (nSPS) is 34.9. The smallest absolute Gasteiger partial charge is 0.407 e. The first-order valence-corrected chi connectivity index (χ1v) is 28.8. The van der Waals surface area contributed by atoms with Crippen molar-refractivity contribution in [2.24, 2.45) is 35.5 Å². The first-order chi connectivity index (χ1) is 38.5. The molecule has 3 fully saturated rings. The fraction of sp³-hybridized carbons (Fsp3) is 0.661. The Labute approximate surface area is 478 Å². The van der Waals surface area contributed by atoms with Crippen molar-refractivity contribution < 1.29 is 82.0 Å². The van der Waals surface area contributed by atoms with Crippen molar-refractivity contribution in [1.29, 1.82) is 0 Å². The summed E-state index contributed by atoms with van der Waals surface area (Å²) in [6.45, 7) is 12.4. The van der Waals surface area contributed by atoms with Crippen LogP contribution in [0.4, 0.5) is 4.79 Å². The van der Waals surface area contributed by atoms with Gasteiger partial charge in [-0.05, 0) is 125 Å². The van der Waals surface area contributed by atoms with E-state index in [1.54, 1.807) is 53.0 Å². The second-order valence-corrected chi connectivity index (χ2v) is 23.0. The highest BCUT2D eigenvalue weighted by Crippen LogP contribution is 2.38. The average Bonchev–Trinajstić information content (AvgIpc) is 3.50. The third kappa shape index (κ3) is 18.0. The molecular formula is C62H90N2O17. The molecular weight excluding hydrogens is 1040 g/mol. The number of amides is 2. The highest BCUT2D eigenvalue weighted by Gasteiger charge is 2.53. The van der Waals surface area contributed by atoms with Crippen molar-refractivity contribution in [1.82, 2.24) is 10.2 Å². The molecule has 81 heavy (non-hydrogen) atoms. The number of ketones is 3. The standard InChI is InChI=1S/C62H90N2O17/c1-36-17-13-12-14-18-37(2)51(75-8)33-46-26-20-42(7)62(74,81-46)57(69)58(70)64-28-16-15-19-48(64)60(72)79-52(34-49(66)38(3)30-41(6)55(68)56(77-10)54(67)40(5)29-36)39(4)31-43-21-27-50(53(32-43)76-9)80-61(73)63-35-47(59(71)78-11)44-22-24-45(65)25-23-44/h12-14,17-18,22-25,30,36,38-40,42-43,46-48,50-53,55-56,65,68,74H,15-16,19-21,26-29,31-35H2,1-11H3,(H,63,73)/b14-12+,17-13-,37-18+,41-30+/t36?,38?,39?,40-,42-,43?,46?,47?,48+,50-,51?,52?,53?,55-,56?,62-/m1/s1. The zero-order chi connectivity index (χ0) is 59.7. The number of nitrogens with zero attached hydrogens (tertiary/aromatic N) is 1. The van der Waals surface area contributed by atoms with Crippen LogP contribution in [0.25, 0.3) is 0 Å². The van der Waals surface area contributed by atoms with Crippen LogP contribution in [-0.2, 0) is 61.9 Å². The Morgan fingerprint density at radius 1 is 0.840 bits per heavy atom. The van der Waals surface area contributed by atoms with Crippen molar-refractivity contribution in [3.63, 3.8) is 0 Å². The van der Waals surface area contributed by atoms with E-state index < -0.39 is 114 Å². The minimum absolute atomic E-state index is 0.0147. The van der Waals surface area contributed by atoms with E-state index in [1.165, 1.54) is 33.5 Å². The lowest BCUT2D eigenvalue weighted by molar-refractivity contribution is -0.265. The van der Waals surface area contributed by atoms with Crippen LogP contribution in [0.3, 0.4) is 0 Å². The number of Topliss-reactive ketones (excluding diaryl/α,β-unsaturated/α-hetero) is 3. The molecule has 2 saturated heterocycles. The van der Waals surface area contributed by atoms with E-state index >= 15 is 0 Å². The summed E-state index contributed by atoms with van der Waals surface area (Å²) in [5.74, 6) is -10.2. The first-order valence-electron chi connectivity index (χ1n) is 28.8. The van der Waals surface area contributed by atoms with Gasteiger partial charge in [-0.15, -0.1) is 0 Å².